The van der Waals surface area contributed by atoms with Crippen molar-refractivity contribution in [1.29, 1.82) is 0 Å². The lowest BCUT2D eigenvalue weighted by Crippen LogP contribution is -2.26. The normalized spacial score (nSPS) is 13.6. The predicted octanol–water partition coefficient (Wildman–Crippen LogP) is 2.29. The van der Waals surface area contributed by atoms with Crippen LogP contribution in [0.4, 0.5) is 0 Å². The Kier molecular flexibility index (Phi) is 4.77. The third kappa shape index (κ3) is 3.49. The van der Waals surface area contributed by atoms with E-state index in [-0.39, 0.29) is 10.9 Å². The maximum absolute atomic E-state index is 12.5. The van der Waals surface area contributed by atoms with Crippen molar-refractivity contribution in [2.45, 2.75) is 31.3 Å². The molecule has 114 valence electrons. The Balaban J connectivity index is 2.22. The van der Waals surface area contributed by atoms with Gasteiger partial charge in [0, 0.05) is 24.5 Å². The van der Waals surface area contributed by atoms with Crippen molar-refractivity contribution in [1.82, 2.24) is 9.29 Å². The lowest BCUT2D eigenvalue weighted by atomic mass is 10.1. The minimum absolute atomic E-state index is 0.112. The molecule has 5 nitrogen and oxygen atoms in total. The Hall–Kier alpha value is -1.28. The number of aryl methyl sites for hydroxylation is 1. The third-order valence-corrected chi connectivity index (χ3v) is 6.06. The molecule has 2 rings (SSSR count). The van der Waals surface area contributed by atoms with Gasteiger partial charge in [0.15, 0.2) is 0 Å². The first-order valence-electron chi connectivity index (χ1n) is 6.53. The molecule has 7 heteroatoms. The monoisotopic (exact) mass is 325 g/mol. The molecule has 0 bridgehead atoms. The fourth-order valence-electron chi connectivity index (χ4n) is 1.89. The number of nitrogens with zero attached hydrogens (tertiary/aromatic N) is 2. The Morgan fingerprint density at radius 1 is 1.33 bits per heavy atom. The molecule has 0 spiro atoms. The minimum atomic E-state index is -3.50. The van der Waals surface area contributed by atoms with E-state index in [4.69, 9.17) is 5.73 Å². The maximum atomic E-state index is 12.5. The van der Waals surface area contributed by atoms with Crippen molar-refractivity contribution in [3.63, 3.8) is 0 Å². The molecule has 0 saturated carbocycles. The van der Waals surface area contributed by atoms with Gasteiger partial charge in [0.1, 0.15) is 0 Å². The van der Waals surface area contributed by atoms with Gasteiger partial charge < -0.3 is 5.73 Å². The van der Waals surface area contributed by atoms with Crippen LogP contribution in [0.15, 0.2) is 34.7 Å². The smallest absolute Gasteiger partial charge is 0.243 e. The number of hydrogen-bond donors (Lipinski definition) is 1. The summed E-state index contributed by atoms with van der Waals surface area (Å²) in [6.07, 6.45) is 0. The van der Waals surface area contributed by atoms with Crippen LogP contribution in [0.25, 0.3) is 0 Å². The number of thiazole rings is 1. The van der Waals surface area contributed by atoms with E-state index in [1.807, 2.05) is 13.8 Å². The van der Waals surface area contributed by atoms with Gasteiger partial charge >= 0.3 is 0 Å². The molecule has 1 heterocycles. The number of rotatable bonds is 5. The van der Waals surface area contributed by atoms with Crippen molar-refractivity contribution < 1.29 is 8.42 Å². The minimum Gasteiger partial charge on any atom is -0.324 e. The number of nitrogens with two attached hydrogens (primary N) is 1. The van der Waals surface area contributed by atoms with Gasteiger partial charge in [-0.05, 0) is 31.5 Å². The van der Waals surface area contributed by atoms with E-state index in [2.05, 4.69) is 4.98 Å². The second-order valence-electron chi connectivity index (χ2n) is 4.98. The number of aromatic nitrogens is 1. The van der Waals surface area contributed by atoms with E-state index >= 15 is 0 Å². The van der Waals surface area contributed by atoms with Gasteiger partial charge in [0.05, 0.1) is 16.1 Å². The van der Waals surface area contributed by atoms with Crippen LogP contribution in [-0.4, -0.2) is 24.8 Å². The SMILES string of the molecule is Cc1ncsc1CN(C)S(=O)(=O)c1ccc(C(C)N)cc1. The first kappa shape index (κ1) is 16.1. The Labute approximate surface area is 129 Å². The highest BCUT2D eigenvalue weighted by molar-refractivity contribution is 7.89. The van der Waals surface area contributed by atoms with E-state index in [0.717, 1.165) is 16.1 Å². The summed E-state index contributed by atoms with van der Waals surface area (Å²) < 4.78 is 26.4. The van der Waals surface area contributed by atoms with Crippen LogP contribution in [0.5, 0.6) is 0 Å². The van der Waals surface area contributed by atoms with E-state index in [9.17, 15) is 8.42 Å². The van der Waals surface area contributed by atoms with Crippen LogP contribution < -0.4 is 5.73 Å². The number of sulfonamides is 1. The summed E-state index contributed by atoms with van der Waals surface area (Å²) in [4.78, 5) is 5.37. The molecule has 2 aromatic rings. The molecule has 1 unspecified atom stereocenters. The van der Waals surface area contributed by atoms with Crippen LogP contribution in [0.1, 0.15) is 29.1 Å². The van der Waals surface area contributed by atoms with Gasteiger partial charge in [-0.3, -0.25) is 0 Å². The maximum Gasteiger partial charge on any atom is 0.243 e. The molecule has 21 heavy (non-hydrogen) atoms. The molecule has 0 saturated heterocycles. The largest absolute Gasteiger partial charge is 0.324 e. The highest BCUT2D eigenvalue weighted by atomic mass is 32.2. The van der Waals surface area contributed by atoms with E-state index in [1.54, 1.807) is 36.8 Å². The first-order chi connectivity index (χ1) is 9.82. The fraction of sp³-hybridized carbons (Fsp3) is 0.357. The van der Waals surface area contributed by atoms with Crippen LogP contribution >= 0.6 is 11.3 Å². The van der Waals surface area contributed by atoms with Crippen LogP contribution in [-0.2, 0) is 16.6 Å². The van der Waals surface area contributed by atoms with E-state index in [0.29, 0.717) is 6.54 Å². The standard InChI is InChI=1S/C14H19N3O2S2/c1-10(15)12-4-6-13(7-5-12)21(18,19)17(3)8-14-11(2)16-9-20-14/h4-7,9-10H,8,15H2,1-3H3. The number of benzene rings is 1. The van der Waals surface area contributed by atoms with Gasteiger partial charge in [-0.2, -0.15) is 4.31 Å². The molecule has 1 atom stereocenters. The molecule has 2 N–H and O–H groups in total. The Bertz CT molecular complexity index is 706. The summed E-state index contributed by atoms with van der Waals surface area (Å²) in [5.41, 5.74) is 9.28. The lowest BCUT2D eigenvalue weighted by Gasteiger charge is -2.17. The molecule has 0 aliphatic carbocycles. The average molecular weight is 325 g/mol. The quantitative estimate of drug-likeness (QED) is 0.915. The second-order valence-corrected chi connectivity index (χ2v) is 7.96. The summed E-state index contributed by atoms with van der Waals surface area (Å²) in [6, 6.07) is 6.60. The van der Waals surface area contributed by atoms with Crippen molar-refractivity contribution in [2.75, 3.05) is 7.05 Å². The summed E-state index contributed by atoms with van der Waals surface area (Å²) in [5.74, 6) is 0. The van der Waals surface area contributed by atoms with Crippen LogP contribution in [0, 0.1) is 6.92 Å². The highest BCUT2D eigenvalue weighted by Gasteiger charge is 2.22. The third-order valence-electron chi connectivity index (χ3n) is 3.33. The molecule has 0 radical (unpaired) electrons. The van der Waals surface area contributed by atoms with Crippen LogP contribution in [0.2, 0.25) is 0 Å². The molecule has 1 aromatic carbocycles. The van der Waals surface area contributed by atoms with E-state index in [1.165, 1.54) is 15.6 Å². The molecule has 0 fully saturated rings. The first-order valence-corrected chi connectivity index (χ1v) is 8.85. The van der Waals surface area contributed by atoms with Gasteiger partial charge in [-0.25, -0.2) is 13.4 Å². The summed E-state index contributed by atoms with van der Waals surface area (Å²) in [7, 11) is -1.93. The summed E-state index contributed by atoms with van der Waals surface area (Å²) >= 11 is 1.46. The molecule has 0 aliphatic rings. The van der Waals surface area contributed by atoms with Crippen molar-refractivity contribution >= 4 is 21.4 Å². The molecule has 0 aliphatic heterocycles. The summed E-state index contributed by atoms with van der Waals surface area (Å²) in [5, 5.41) is 0. The lowest BCUT2D eigenvalue weighted by molar-refractivity contribution is 0.468. The zero-order valence-corrected chi connectivity index (χ0v) is 13.9. The topological polar surface area (TPSA) is 76.3 Å². The van der Waals surface area contributed by atoms with Crippen molar-refractivity contribution in [2.24, 2.45) is 5.73 Å². The molecule has 0 amide bonds. The predicted molar refractivity (Wildman–Crippen MR) is 84.5 cm³/mol. The van der Waals surface area contributed by atoms with Gasteiger partial charge in [-0.15, -0.1) is 11.3 Å². The average Bonchev–Trinajstić information content (AvgIpc) is 2.84. The Morgan fingerprint density at radius 2 is 1.95 bits per heavy atom. The van der Waals surface area contributed by atoms with Gasteiger partial charge in [0.25, 0.3) is 0 Å². The Morgan fingerprint density at radius 3 is 2.43 bits per heavy atom. The van der Waals surface area contributed by atoms with Crippen LogP contribution in [0.3, 0.4) is 0 Å². The zero-order chi connectivity index (χ0) is 15.6. The van der Waals surface area contributed by atoms with Crippen molar-refractivity contribution in [3.8, 4) is 0 Å². The highest BCUT2D eigenvalue weighted by Crippen LogP contribution is 2.21. The zero-order valence-electron chi connectivity index (χ0n) is 12.3. The second kappa shape index (κ2) is 6.23. The summed E-state index contributed by atoms with van der Waals surface area (Å²) in [6.45, 7) is 4.07. The molecular formula is C14H19N3O2S2. The van der Waals surface area contributed by atoms with Crippen molar-refractivity contribution in [3.05, 3.63) is 45.9 Å². The molecular weight excluding hydrogens is 306 g/mol. The van der Waals surface area contributed by atoms with Gasteiger partial charge in [-0.1, -0.05) is 12.1 Å². The number of hydrogen-bond acceptors (Lipinski definition) is 5. The van der Waals surface area contributed by atoms with E-state index < -0.39 is 10.0 Å². The molecule has 1 aromatic heterocycles. The fourth-order valence-corrected chi connectivity index (χ4v) is 3.94. The van der Waals surface area contributed by atoms with Gasteiger partial charge in [0.2, 0.25) is 10.0 Å².